The molecule has 2 aliphatic heterocycles. The monoisotopic (exact) mass is 174 g/mol. The number of fused-ring (bicyclic) bond motifs is 1. The summed E-state index contributed by atoms with van der Waals surface area (Å²) in [5, 5.41) is 0. The highest BCUT2D eigenvalue weighted by Gasteiger charge is 2.54. The Kier molecular flexibility index (Phi) is 1.88. The molecule has 70 valence electrons. The zero-order valence-corrected chi connectivity index (χ0v) is 7.46. The van der Waals surface area contributed by atoms with Crippen LogP contribution in [0.1, 0.15) is 13.8 Å². The summed E-state index contributed by atoms with van der Waals surface area (Å²) < 4.78 is 22.0. The van der Waals surface area contributed by atoms with Gasteiger partial charge in [-0.05, 0) is 13.8 Å². The molecule has 0 N–H and O–H groups in total. The zero-order chi connectivity index (χ0) is 8.66. The van der Waals surface area contributed by atoms with Gasteiger partial charge in [0.1, 0.15) is 0 Å². The van der Waals surface area contributed by atoms with Crippen molar-refractivity contribution < 1.29 is 18.9 Å². The van der Waals surface area contributed by atoms with Crippen LogP contribution in [0.3, 0.4) is 0 Å². The third-order valence-electron chi connectivity index (χ3n) is 2.50. The minimum Gasteiger partial charge on any atom is -0.343 e. The molecule has 0 unspecified atom stereocenters. The lowest BCUT2D eigenvalue weighted by Gasteiger charge is -2.50. The maximum atomic E-state index is 5.50. The highest BCUT2D eigenvalue weighted by atomic mass is 16.8. The van der Waals surface area contributed by atoms with Gasteiger partial charge in [-0.2, -0.15) is 0 Å². The van der Waals surface area contributed by atoms with E-state index in [0.29, 0.717) is 26.4 Å². The van der Waals surface area contributed by atoms with E-state index in [1.165, 1.54) is 0 Å². The molecule has 2 heterocycles. The van der Waals surface area contributed by atoms with Crippen molar-refractivity contribution >= 4 is 0 Å². The lowest BCUT2D eigenvalue weighted by molar-refractivity contribution is -0.451. The van der Waals surface area contributed by atoms with E-state index < -0.39 is 11.6 Å². The summed E-state index contributed by atoms with van der Waals surface area (Å²) in [6.45, 7) is 5.96. The third-order valence-corrected chi connectivity index (χ3v) is 2.50. The Morgan fingerprint density at radius 2 is 0.917 bits per heavy atom. The predicted octanol–water partition coefficient (Wildman–Crippen LogP) is 0.512. The van der Waals surface area contributed by atoms with Gasteiger partial charge < -0.3 is 18.9 Å². The molecule has 0 aliphatic carbocycles. The molecule has 2 rings (SSSR count). The van der Waals surface area contributed by atoms with Gasteiger partial charge in [0.15, 0.2) is 0 Å². The third kappa shape index (κ3) is 1.07. The summed E-state index contributed by atoms with van der Waals surface area (Å²) in [6.07, 6.45) is 0. The largest absolute Gasteiger partial charge is 0.343 e. The summed E-state index contributed by atoms with van der Waals surface area (Å²) in [4.78, 5) is 0. The Bertz CT molecular complexity index is 148. The molecule has 12 heavy (non-hydrogen) atoms. The van der Waals surface area contributed by atoms with Gasteiger partial charge in [0.25, 0.3) is 0 Å². The van der Waals surface area contributed by atoms with Crippen molar-refractivity contribution in [3.63, 3.8) is 0 Å². The predicted molar refractivity (Wildman–Crippen MR) is 40.6 cm³/mol. The Morgan fingerprint density at radius 3 is 1.17 bits per heavy atom. The van der Waals surface area contributed by atoms with E-state index in [4.69, 9.17) is 18.9 Å². The van der Waals surface area contributed by atoms with Crippen molar-refractivity contribution in [3.05, 3.63) is 0 Å². The van der Waals surface area contributed by atoms with Crippen LogP contribution >= 0.6 is 0 Å². The van der Waals surface area contributed by atoms with Crippen LogP contribution in [0.15, 0.2) is 0 Å². The van der Waals surface area contributed by atoms with Crippen molar-refractivity contribution in [1.82, 2.24) is 0 Å². The smallest absolute Gasteiger partial charge is 0.220 e. The molecule has 0 saturated carbocycles. The van der Waals surface area contributed by atoms with Gasteiger partial charge in [0.05, 0.1) is 26.4 Å². The first-order chi connectivity index (χ1) is 5.66. The van der Waals surface area contributed by atoms with E-state index >= 15 is 0 Å². The van der Waals surface area contributed by atoms with Crippen LogP contribution in [-0.2, 0) is 18.9 Å². The van der Waals surface area contributed by atoms with Crippen LogP contribution in [0, 0.1) is 0 Å². The van der Waals surface area contributed by atoms with Crippen LogP contribution in [0.4, 0.5) is 0 Å². The number of rotatable bonds is 0. The van der Waals surface area contributed by atoms with Gasteiger partial charge in [-0.3, -0.25) is 0 Å². The molecule has 4 nitrogen and oxygen atoms in total. The molecule has 0 radical (unpaired) electrons. The highest BCUT2D eigenvalue weighted by molar-refractivity contribution is 4.86. The molecule has 0 aromatic carbocycles. The Labute approximate surface area is 71.7 Å². The average molecular weight is 174 g/mol. The summed E-state index contributed by atoms with van der Waals surface area (Å²) in [5.41, 5.74) is 0. The van der Waals surface area contributed by atoms with Crippen molar-refractivity contribution in [1.29, 1.82) is 0 Å². The average Bonchev–Trinajstić information content (AvgIpc) is 2.05. The molecular weight excluding hydrogens is 160 g/mol. The molecule has 0 spiro atoms. The second kappa shape index (κ2) is 2.67. The fourth-order valence-corrected chi connectivity index (χ4v) is 1.55. The molecule has 0 aromatic rings. The molecule has 0 atom stereocenters. The van der Waals surface area contributed by atoms with Crippen molar-refractivity contribution in [2.75, 3.05) is 26.4 Å². The van der Waals surface area contributed by atoms with Crippen molar-refractivity contribution in [2.24, 2.45) is 0 Å². The van der Waals surface area contributed by atoms with Gasteiger partial charge in [-0.25, -0.2) is 0 Å². The molecule has 2 aliphatic rings. The maximum Gasteiger partial charge on any atom is 0.220 e. The Hall–Kier alpha value is -0.160. The summed E-state index contributed by atoms with van der Waals surface area (Å²) in [5.74, 6) is -1.47. The standard InChI is InChI=1S/C8H14O4/c1-7-8(2,11-5-3-9-7)12-6-4-10-7/h3-6H2,1-2H3. The Morgan fingerprint density at radius 1 is 0.667 bits per heavy atom. The molecule has 2 fully saturated rings. The van der Waals surface area contributed by atoms with Crippen LogP contribution in [0.5, 0.6) is 0 Å². The normalized spacial score (nSPS) is 48.5. The second-order valence-electron chi connectivity index (χ2n) is 3.29. The molecule has 0 bridgehead atoms. The summed E-state index contributed by atoms with van der Waals surface area (Å²) in [6, 6.07) is 0. The number of hydrogen-bond donors (Lipinski definition) is 0. The van der Waals surface area contributed by atoms with Crippen LogP contribution in [0.25, 0.3) is 0 Å². The molecule has 4 heteroatoms. The second-order valence-corrected chi connectivity index (χ2v) is 3.29. The van der Waals surface area contributed by atoms with E-state index in [1.54, 1.807) is 0 Å². The minimum atomic E-state index is -0.733. The Balaban J connectivity index is 2.20. The first-order valence-corrected chi connectivity index (χ1v) is 4.22. The van der Waals surface area contributed by atoms with Crippen LogP contribution in [0.2, 0.25) is 0 Å². The van der Waals surface area contributed by atoms with E-state index in [2.05, 4.69) is 0 Å². The van der Waals surface area contributed by atoms with E-state index in [9.17, 15) is 0 Å². The first kappa shape index (κ1) is 8.44. The van der Waals surface area contributed by atoms with E-state index in [1.807, 2.05) is 13.8 Å². The van der Waals surface area contributed by atoms with E-state index in [0.717, 1.165) is 0 Å². The van der Waals surface area contributed by atoms with Gasteiger partial charge in [0.2, 0.25) is 11.6 Å². The van der Waals surface area contributed by atoms with Crippen molar-refractivity contribution in [3.8, 4) is 0 Å². The van der Waals surface area contributed by atoms with Crippen LogP contribution < -0.4 is 0 Å². The van der Waals surface area contributed by atoms with E-state index in [-0.39, 0.29) is 0 Å². The molecule has 0 aromatic heterocycles. The highest BCUT2D eigenvalue weighted by Crippen LogP contribution is 2.37. The summed E-state index contributed by atoms with van der Waals surface area (Å²) >= 11 is 0. The van der Waals surface area contributed by atoms with Crippen LogP contribution in [-0.4, -0.2) is 38.0 Å². The maximum absolute atomic E-state index is 5.50. The number of ether oxygens (including phenoxy) is 4. The van der Waals surface area contributed by atoms with Gasteiger partial charge in [-0.1, -0.05) is 0 Å². The molecule has 0 amide bonds. The topological polar surface area (TPSA) is 36.9 Å². The van der Waals surface area contributed by atoms with Gasteiger partial charge in [0, 0.05) is 0 Å². The van der Waals surface area contributed by atoms with Gasteiger partial charge in [-0.15, -0.1) is 0 Å². The number of hydrogen-bond acceptors (Lipinski definition) is 4. The SMILES string of the molecule is CC12OCCOC1(C)OCCO2. The lowest BCUT2D eigenvalue weighted by Crippen LogP contribution is -2.63. The van der Waals surface area contributed by atoms with Crippen molar-refractivity contribution in [2.45, 2.75) is 25.4 Å². The summed E-state index contributed by atoms with van der Waals surface area (Å²) in [7, 11) is 0. The lowest BCUT2D eigenvalue weighted by atomic mass is 10.1. The molecular formula is C8H14O4. The fourth-order valence-electron chi connectivity index (χ4n) is 1.55. The fraction of sp³-hybridized carbons (Fsp3) is 1.00. The van der Waals surface area contributed by atoms with Gasteiger partial charge >= 0.3 is 0 Å². The zero-order valence-electron chi connectivity index (χ0n) is 7.46. The minimum absolute atomic E-state index is 0.565. The first-order valence-electron chi connectivity index (χ1n) is 4.22. The molecule has 2 saturated heterocycles. The quantitative estimate of drug-likeness (QED) is 0.536.